The van der Waals surface area contributed by atoms with Crippen molar-refractivity contribution in [3.63, 3.8) is 0 Å². The third-order valence-corrected chi connectivity index (χ3v) is 0.689. The van der Waals surface area contributed by atoms with Crippen LogP contribution in [0.15, 0.2) is 0 Å². The van der Waals surface area contributed by atoms with Crippen LogP contribution >= 0.6 is 0 Å². The van der Waals surface area contributed by atoms with Crippen molar-refractivity contribution < 1.29 is 19.8 Å². The van der Waals surface area contributed by atoms with Crippen LogP contribution in [-0.2, 0) is 9.59 Å². The van der Waals surface area contributed by atoms with Crippen molar-refractivity contribution >= 4 is 39.2 Å². The normalized spacial score (nSPS) is 11.3. The minimum Gasteiger partial charge on any atom is -0.550 e. The first kappa shape index (κ1) is 12.5. The van der Waals surface area contributed by atoms with Gasteiger partial charge in [-0.15, -0.1) is 0 Å². The van der Waals surface area contributed by atoms with E-state index >= 15 is 0 Å². The Morgan fingerprint density at radius 1 is 1.40 bits per heavy atom. The Kier molecular flexibility index (Phi) is 6.99. The molecule has 0 aromatic heterocycles. The molecule has 5 nitrogen and oxygen atoms in total. The van der Waals surface area contributed by atoms with Crippen LogP contribution in [0.3, 0.4) is 0 Å². The Bertz CT molecular complexity index is 137. The first-order valence-electron chi connectivity index (χ1n) is 2.20. The average Bonchev–Trinajstić information content (AvgIpc) is 1.63. The van der Waals surface area contributed by atoms with Gasteiger partial charge in [0.2, 0.25) is 0 Å². The van der Waals surface area contributed by atoms with E-state index in [-0.39, 0.29) is 27.3 Å². The van der Waals surface area contributed by atoms with Crippen LogP contribution < -0.4 is 15.9 Å². The fourth-order valence-corrected chi connectivity index (χ4v) is 0.263. The Labute approximate surface area is 77.4 Å². The van der Waals surface area contributed by atoms with Gasteiger partial charge in [0.1, 0.15) is 0 Å². The summed E-state index contributed by atoms with van der Waals surface area (Å²) in [4.78, 5) is 19.3. The van der Waals surface area contributed by atoms with Gasteiger partial charge in [-0.25, -0.2) is 0 Å². The molecule has 0 aliphatic rings. The fraction of sp³-hybridized carbons (Fsp3) is 0.500. The van der Waals surface area contributed by atoms with Crippen molar-refractivity contribution in [1.29, 1.82) is 0 Å². The predicted molar refractivity (Wildman–Crippen MR) is 28.4 cm³/mol. The number of carboxylic acids is 2. The topological polar surface area (TPSA) is 106 Å². The van der Waals surface area contributed by atoms with Gasteiger partial charge in [-0.3, -0.25) is 0 Å². The zero-order valence-corrected chi connectivity index (χ0v) is 8.88. The quantitative estimate of drug-likeness (QED) is 0.526. The monoisotopic (exact) mass is 339 g/mol. The molecule has 0 saturated heterocycles. The average molecular weight is 338 g/mol. The maximum atomic E-state index is 9.71. The van der Waals surface area contributed by atoms with Crippen LogP contribution in [0.1, 0.15) is 6.42 Å². The van der Waals surface area contributed by atoms with Crippen LogP contribution in [0.4, 0.5) is 0 Å². The molecular formula is C4H5NO4Pb. The van der Waals surface area contributed by atoms with Crippen molar-refractivity contribution in [3.8, 4) is 0 Å². The molecule has 0 amide bonds. The van der Waals surface area contributed by atoms with Crippen LogP contribution in [0.2, 0.25) is 0 Å². The third kappa shape index (κ3) is 5.95. The molecule has 0 saturated carbocycles. The second kappa shape index (κ2) is 5.60. The zero-order chi connectivity index (χ0) is 7.44. The summed E-state index contributed by atoms with van der Waals surface area (Å²) in [5, 5.41) is 19.3. The Morgan fingerprint density at radius 3 is 1.90 bits per heavy atom. The molecular weight excluding hydrogens is 333 g/mol. The maximum absolute atomic E-state index is 9.71. The van der Waals surface area contributed by atoms with Gasteiger partial charge in [-0.05, 0) is 0 Å². The molecule has 0 aliphatic carbocycles. The van der Waals surface area contributed by atoms with Crippen LogP contribution in [0, 0.1) is 0 Å². The number of hydrogen-bond acceptors (Lipinski definition) is 5. The molecule has 0 heterocycles. The summed E-state index contributed by atoms with van der Waals surface area (Å²) >= 11 is 0. The Balaban J connectivity index is 0. The van der Waals surface area contributed by atoms with E-state index in [2.05, 4.69) is 0 Å². The fourth-order valence-electron chi connectivity index (χ4n) is 0.263. The predicted octanol–water partition coefficient (Wildman–Crippen LogP) is -4.18. The van der Waals surface area contributed by atoms with Gasteiger partial charge in [0, 0.05) is 18.4 Å². The van der Waals surface area contributed by atoms with E-state index in [4.69, 9.17) is 5.73 Å². The number of carboxylic acid groups (broad SMARTS) is 2. The molecule has 6 heteroatoms. The van der Waals surface area contributed by atoms with Crippen LogP contribution in [0.5, 0.6) is 0 Å². The smallest absolute Gasteiger partial charge is 0.550 e. The number of carbonyl (C=O) groups is 2. The van der Waals surface area contributed by atoms with Gasteiger partial charge in [0.25, 0.3) is 0 Å². The summed E-state index contributed by atoms with van der Waals surface area (Å²) < 4.78 is 0. The molecule has 0 aromatic carbocycles. The SMILES string of the molecule is NC(CC(=O)[O-])C(=O)[O-].[Pb+2]. The van der Waals surface area contributed by atoms with Gasteiger partial charge < -0.3 is 25.5 Å². The summed E-state index contributed by atoms with van der Waals surface area (Å²) in [6, 6.07) is -1.46. The van der Waals surface area contributed by atoms with E-state index < -0.39 is 24.4 Å². The second-order valence-corrected chi connectivity index (χ2v) is 1.50. The molecule has 2 radical (unpaired) electrons. The molecule has 54 valence electrons. The van der Waals surface area contributed by atoms with Crippen molar-refractivity contribution in [2.75, 3.05) is 0 Å². The van der Waals surface area contributed by atoms with E-state index in [0.717, 1.165) is 0 Å². The van der Waals surface area contributed by atoms with Gasteiger partial charge >= 0.3 is 27.3 Å². The molecule has 0 fully saturated rings. The molecule has 10 heavy (non-hydrogen) atoms. The first-order valence-corrected chi connectivity index (χ1v) is 2.20. The summed E-state index contributed by atoms with van der Waals surface area (Å²) in [6.07, 6.45) is -0.706. The van der Waals surface area contributed by atoms with E-state index in [1.165, 1.54) is 0 Å². The number of hydrogen-bond donors (Lipinski definition) is 1. The second-order valence-electron chi connectivity index (χ2n) is 1.50. The van der Waals surface area contributed by atoms with Crippen molar-refractivity contribution in [1.82, 2.24) is 0 Å². The first-order chi connectivity index (χ1) is 4.04. The number of carbonyl (C=O) groups excluding carboxylic acids is 2. The molecule has 0 bridgehead atoms. The molecule has 0 spiro atoms. The molecule has 0 rings (SSSR count). The van der Waals surface area contributed by atoms with E-state index in [0.29, 0.717) is 0 Å². The summed E-state index contributed by atoms with van der Waals surface area (Å²) in [5.41, 5.74) is 4.73. The Morgan fingerprint density at radius 2 is 1.80 bits per heavy atom. The summed E-state index contributed by atoms with van der Waals surface area (Å²) in [5.74, 6) is -3.08. The number of rotatable bonds is 3. The van der Waals surface area contributed by atoms with Crippen molar-refractivity contribution in [2.24, 2.45) is 5.73 Å². The molecule has 1 atom stereocenters. The van der Waals surface area contributed by atoms with Gasteiger partial charge in [-0.2, -0.15) is 0 Å². The van der Waals surface area contributed by atoms with Crippen LogP contribution in [0.25, 0.3) is 0 Å². The maximum Gasteiger partial charge on any atom is 2.00 e. The molecule has 2 N–H and O–H groups in total. The van der Waals surface area contributed by atoms with Gasteiger partial charge in [-0.1, -0.05) is 0 Å². The standard InChI is InChI=1S/C4H7NO4.Pb/c5-2(4(8)9)1-3(6)7;/h2H,1,5H2,(H,6,7)(H,8,9);/q;+2/p-2. The summed E-state index contributed by atoms with van der Waals surface area (Å²) in [6.45, 7) is 0. The number of nitrogens with two attached hydrogens (primary N) is 1. The van der Waals surface area contributed by atoms with Crippen LogP contribution in [-0.4, -0.2) is 45.3 Å². The van der Waals surface area contributed by atoms with E-state index in [1.54, 1.807) is 0 Å². The third-order valence-electron chi connectivity index (χ3n) is 0.689. The van der Waals surface area contributed by atoms with E-state index in [9.17, 15) is 19.8 Å². The van der Waals surface area contributed by atoms with Gasteiger partial charge in [0.05, 0.1) is 5.97 Å². The molecule has 1 unspecified atom stereocenters. The van der Waals surface area contributed by atoms with Crippen molar-refractivity contribution in [2.45, 2.75) is 12.5 Å². The minimum atomic E-state index is -1.58. The van der Waals surface area contributed by atoms with Gasteiger partial charge in [0.15, 0.2) is 0 Å². The zero-order valence-electron chi connectivity index (χ0n) is 4.99. The number of aliphatic carboxylic acids is 2. The largest absolute Gasteiger partial charge is 2.00 e. The molecule has 0 aliphatic heterocycles. The van der Waals surface area contributed by atoms with Crippen molar-refractivity contribution in [3.05, 3.63) is 0 Å². The Hall–Kier alpha value is -0.178. The van der Waals surface area contributed by atoms with E-state index in [1.807, 2.05) is 0 Å². The molecule has 0 aromatic rings. The summed E-state index contributed by atoms with van der Waals surface area (Å²) in [7, 11) is 0. The minimum absolute atomic E-state index is 0.